The molecule has 1 N–H and O–H groups in total. The van der Waals surface area contributed by atoms with Crippen LogP contribution >= 0.6 is 0 Å². The molecule has 2 atom stereocenters. The number of aromatic nitrogens is 1. The van der Waals surface area contributed by atoms with Gasteiger partial charge in [-0.25, -0.2) is 0 Å². The molecule has 1 aromatic heterocycles. The van der Waals surface area contributed by atoms with Crippen LogP contribution in [0.1, 0.15) is 31.7 Å². The highest BCUT2D eigenvalue weighted by molar-refractivity contribution is 5.79. The summed E-state index contributed by atoms with van der Waals surface area (Å²) in [6.45, 7) is 3.98. The van der Waals surface area contributed by atoms with Crippen molar-refractivity contribution in [2.75, 3.05) is 0 Å². The van der Waals surface area contributed by atoms with E-state index in [1.807, 2.05) is 19.1 Å². The van der Waals surface area contributed by atoms with Crippen LogP contribution in [-0.2, 0) is 0 Å². The minimum absolute atomic E-state index is 0.250. The molecule has 0 aliphatic heterocycles. The number of benzene rings is 1. The lowest BCUT2D eigenvalue weighted by molar-refractivity contribution is 0.176. The Balaban J connectivity index is 2.32. The smallest absolute Gasteiger partial charge is 0.0702 e. The second-order valence-electron chi connectivity index (χ2n) is 4.44. The van der Waals surface area contributed by atoms with Crippen LogP contribution in [0.15, 0.2) is 36.5 Å². The zero-order chi connectivity index (χ0) is 11.5. The Morgan fingerprint density at radius 1 is 1.25 bits per heavy atom. The van der Waals surface area contributed by atoms with Gasteiger partial charge in [0.05, 0.1) is 11.6 Å². The lowest BCUT2D eigenvalue weighted by atomic mass is 9.94. The number of rotatable bonds is 3. The van der Waals surface area contributed by atoms with Gasteiger partial charge in [-0.05, 0) is 43.0 Å². The Morgan fingerprint density at radius 3 is 2.81 bits per heavy atom. The Hall–Kier alpha value is -1.41. The first kappa shape index (κ1) is 11.1. The highest BCUT2D eigenvalue weighted by Crippen LogP contribution is 2.23. The number of aliphatic hydroxyl groups is 1. The van der Waals surface area contributed by atoms with Crippen LogP contribution in [0.3, 0.4) is 0 Å². The van der Waals surface area contributed by atoms with E-state index in [2.05, 4.69) is 30.1 Å². The molecule has 0 saturated heterocycles. The van der Waals surface area contributed by atoms with Crippen molar-refractivity contribution in [1.82, 2.24) is 4.98 Å². The fourth-order valence-electron chi connectivity index (χ4n) is 2.05. The number of aliphatic hydroxyl groups excluding tert-OH is 1. The first-order chi connectivity index (χ1) is 7.66. The average molecular weight is 215 g/mol. The van der Waals surface area contributed by atoms with Crippen LogP contribution in [-0.4, -0.2) is 16.2 Å². The van der Waals surface area contributed by atoms with E-state index in [-0.39, 0.29) is 6.10 Å². The van der Waals surface area contributed by atoms with E-state index >= 15 is 0 Å². The third-order valence-corrected chi connectivity index (χ3v) is 2.89. The topological polar surface area (TPSA) is 33.1 Å². The fraction of sp³-hybridized carbons (Fsp3) is 0.357. The van der Waals surface area contributed by atoms with Crippen LogP contribution < -0.4 is 0 Å². The molecular formula is C14H17NO. The van der Waals surface area contributed by atoms with E-state index < -0.39 is 0 Å². The van der Waals surface area contributed by atoms with Crippen molar-refractivity contribution in [2.24, 2.45) is 0 Å². The molecular weight excluding hydrogens is 198 g/mol. The van der Waals surface area contributed by atoms with E-state index in [1.165, 1.54) is 5.56 Å². The molecule has 2 unspecified atom stereocenters. The van der Waals surface area contributed by atoms with Crippen LogP contribution in [0.25, 0.3) is 10.9 Å². The van der Waals surface area contributed by atoms with Crippen LogP contribution in [0, 0.1) is 0 Å². The van der Waals surface area contributed by atoms with Crippen molar-refractivity contribution < 1.29 is 5.11 Å². The molecule has 0 spiro atoms. The highest BCUT2D eigenvalue weighted by atomic mass is 16.3. The van der Waals surface area contributed by atoms with Gasteiger partial charge < -0.3 is 5.11 Å². The number of pyridine rings is 1. The third-order valence-electron chi connectivity index (χ3n) is 2.89. The van der Waals surface area contributed by atoms with Crippen molar-refractivity contribution in [1.29, 1.82) is 0 Å². The fourth-order valence-corrected chi connectivity index (χ4v) is 2.05. The molecule has 0 bridgehead atoms. The molecule has 1 aromatic carbocycles. The maximum absolute atomic E-state index is 9.39. The van der Waals surface area contributed by atoms with Crippen molar-refractivity contribution >= 4 is 10.9 Å². The first-order valence-corrected chi connectivity index (χ1v) is 5.69. The monoisotopic (exact) mass is 215 g/mol. The minimum atomic E-state index is -0.250. The first-order valence-electron chi connectivity index (χ1n) is 5.69. The number of fused-ring (bicyclic) bond motifs is 1. The SMILES string of the molecule is CC(O)CC(C)c1ccc2ncccc2c1. The molecule has 84 valence electrons. The van der Waals surface area contributed by atoms with Gasteiger partial charge in [0.15, 0.2) is 0 Å². The summed E-state index contributed by atoms with van der Waals surface area (Å²) < 4.78 is 0. The number of nitrogens with zero attached hydrogens (tertiary/aromatic N) is 1. The molecule has 2 heteroatoms. The van der Waals surface area contributed by atoms with Crippen LogP contribution in [0.2, 0.25) is 0 Å². The van der Waals surface area contributed by atoms with Crippen LogP contribution in [0.4, 0.5) is 0 Å². The quantitative estimate of drug-likeness (QED) is 0.853. The summed E-state index contributed by atoms with van der Waals surface area (Å²) in [6, 6.07) is 10.3. The second kappa shape index (κ2) is 4.62. The summed E-state index contributed by atoms with van der Waals surface area (Å²) in [5, 5.41) is 10.5. The minimum Gasteiger partial charge on any atom is -0.393 e. The highest BCUT2D eigenvalue weighted by Gasteiger charge is 2.09. The van der Waals surface area contributed by atoms with Gasteiger partial charge in [0, 0.05) is 11.6 Å². The molecule has 16 heavy (non-hydrogen) atoms. The zero-order valence-electron chi connectivity index (χ0n) is 9.72. The third kappa shape index (κ3) is 2.39. The van der Waals surface area contributed by atoms with Gasteiger partial charge in [-0.3, -0.25) is 4.98 Å². The van der Waals surface area contributed by atoms with Gasteiger partial charge in [-0.1, -0.05) is 19.1 Å². The predicted octanol–water partition coefficient (Wildman–Crippen LogP) is 3.11. The van der Waals surface area contributed by atoms with E-state index in [1.54, 1.807) is 6.20 Å². The maximum atomic E-state index is 9.39. The van der Waals surface area contributed by atoms with Gasteiger partial charge in [0.25, 0.3) is 0 Å². The summed E-state index contributed by atoms with van der Waals surface area (Å²) in [7, 11) is 0. The molecule has 0 amide bonds. The number of hydrogen-bond donors (Lipinski definition) is 1. The Bertz CT molecular complexity index is 479. The van der Waals surface area contributed by atoms with E-state index in [0.29, 0.717) is 5.92 Å². The lowest BCUT2D eigenvalue weighted by Gasteiger charge is -2.14. The van der Waals surface area contributed by atoms with Gasteiger partial charge in [-0.2, -0.15) is 0 Å². The van der Waals surface area contributed by atoms with Crippen molar-refractivity contribution in [3.8, 4) is 0 Å². The van der Waals surface area contributed by atoms with Gasteiger partial charge in [0.1, 0.15) is 0 Å². The number of hydrogen-bond acceptors (Lipinski definition) is 2. The van der Waals surface area contributed by atoms with E-state index in [0.717, 1.165) is 17.3 Å². The summed E-state index contributed by atoms with van der Waals surface area (Å²) in [4.78, 5) is 4.29. The molecule has 0 aliphatic carbocycles. The molecule has 1 heterocycles. The normalized spacial score (nSPS) is 14.9. The largest absolute Gasteiger partial charge is 0.393 e. The summed E-state index contributed by atoms with van der Waals surface area (Å²) in [6.07, 6.45) is 2.35. The summed E-state index contributed by atoms with van der Waals surface area (Å²) in [5.74, 6) is 0.379. The van der Waals surface area contributed by atoms with Crippen molar-refractivity contribution in [3.05, 3.63) is 42.1 Å². The van der Waals surface area contributed by atoms with Crippen LogP contribution in [0.5, 0.6) is 0 Å². The lowest BCUT2D eigenvalue weighted by Crippen LogP contribution is -2.05. The zero-order valence-corrected chi connectivity index (χ0v) is 9.72. The van der Waals surface area contributed by atoms with E-state index in [4.69, 9.17) is 0 Å². The van der Waals surface area contributed by atoms with Gasteiger partial charge >= 0.3 is 0 Å². The molecule has 0 saturated carbocycles. The van der Waals surface area contributed by atoms with E-state index in [9.17, 15) is 5.11 Å². The Kier molecular flexibility index (Phi) is 3.20. The molecule has 0 fully saturated rings. The Morgan fingerprint density at radius 2 is 2.06 bits per heavy atom. The predicted molar refractivity (Wildman–Crippen MR) is 66.5 cm³/mol. The molecule has 2 nitrogen and oxygen atoms in total. The summed E-state index contributed by atoms with van der Waals surface area (Å²) >= 11 is 0. The summed E-state index contributed by atoms with van der Waals surface area (Å²) in [5.41, 5.74) is 2.29. The molecule has 0 aliphatic rings. The standard InChI is InChI=1S/C14H17NO/c1-10(8-11(2)16)12-5-6-14-13(9-12)4-3-7-15-14/h3-7,9-11,16H,8H2,1-2H3. The van der Waals surface area contributed by atoms with Crippen molar-refractivity contribution in [3.63, 3.8) is 0 Å². The molecule has 2 aromatic rings. The van der Waals surface area contributed by atoms with Gasteiger partial charge in [-0.15, -0.1) is 0 Å². The maximum Gasteiger partial charge on any atom is 0.0702 e. The Labute approximate surface area is 96.0 Å². The molecule has 0 radical (unpaired) electrons. The van der Waals surface area contributed by atoms with Crippen molar-refractivity contribution in [2.45, 2.75) is 32.3 Å². The molecule has 2 rings (SSSR count). The second-order valence-corrected chi connectivity index (χ2v) is 4.44. The average Bonchev–Trinajstić information content (AvgIpc) is 2.27. The van der Waals surface area contributed by atoms with Gasteiger partial charge in [0.2, 0.25) is 0 Å².